The second kappa shape index (κ2) is 4.62. The van der Waals surface area contributed by atoms with Gasteiger partial charge in [0.25, 0.3) is 5.56 Å². The number of hydrogen-bond donors (Lipinski definition) is 1. The lowest BCUT2D eigenvalue weighted by atomic mass is 10.0. The van der Waals surface area contributed by atoms with E-state index < -0.39 is 0 Å². The summed E-state index contributed by atoms with van der Waals surface area (Å²) < 4.78 is 1.66. The zero-order valence-electron chi connectivity index (χ0n) is 10.5. The molecule has 0 atom stereocenters. The molecule has 0 fully saturated rings. The SMILES string of the molecule is CCn1[nH]c(C(C)C)c(-c2ccccc2)c1=O. The van der Waals surface area contributed by atoms with E-state index >= 15 is 0 Å². The summed E-state index contributed by atoms with van der Waals surface area (Å²) in [6, 6.07) is 9.85. The van der Waals surface area contributed by atoms with E-state index in [-0.39, 0.29) is 5.56 Å². The summed E-state index contributed by atoms with van der Waals surface area (Å²) in [5.74, 6) is 0.311. The van der Waals surface area contributed by atoms with Crippen molar-refractivity contribution < 1.29 is 0 Å². The Morgan fingerprint density at radius 2 is 1.88 bits per heavy atom. The van der Waals surface area contributed by atoms with E-state index in [1.54, 1.807) is 4.68 Å². The minimum absolute atomic E-state index is 0.0717. The first-order valence-corrected chi connectivity index (χ1v) is 6.03. The van der Waals surface area contributed by atoms with E-state index in [9.17, 15) is 4.79 Å². The van der Waals surface area contributed by atoms with E-state index in [0.717, 1.165) is 16.8 Å². The van der Waals surface area contributed by atoms with Gasteiger partial charge >= 0.3 is 0 Å². The van der Waals surface area contributed by atoms with Gasteiger partial charge in [-0.05, 0) is 18.4 Å². The van der Waals surface area contributed by atoms with Crippen LogP contribution >= 0.6 is 0 Å². The van der Waals surface area contributed by atoms with Crippen LogP contribution in [0.15, 0.2) is 35.1 Å². The summed E-state index contributed by atoms with van der Waals surface area (Å²) in [7, 11) is 0. The fourth-order valence-corrected chi connectivity index (χ4v) is 2.03. The quantitative estimate of drug-likeness (QED) is 0.864. The number of aromatic nitrogens is 2. The van der Waals surface area contributed by atoms with Gasteiger partial charge in [0, 0.05) is 12.2 Å². The standard InChI is InChI=1S/C14H18N2O/c1-4-16-14(17)12(13(15-16)10(2)3)11-8-6-5-7-9-11/h5-10,15H,4H2,1-3H3. The van der Waals surface area contributed by atoms with Gasteiger partial charge in [0.2, 0.25) is 0 Å². The number of H-pyrrole nitrogens is 1. The van der Waals surface area contributed by atoms with Crippen molar-refractivity contribution in [2.45, 2.75) is 33.2 Å². The lowest BCUT2D eigenvalue weighted by molar-refractivity contribution is 0.618. The number of nitrogens with one attached hydrogen (secondary N) is 1. The fraction of sp³-hybridized carbons (Fsp3) is 0.357. The molecule has 3 nitrogen and oxygen atoms in total. The van der Waals surface area contributed by atoms with Crippen LogP contribution in [-0.4, -0.2) is 9.78 Å². The lowest BCUT2D eigenvalue weighted by Crippen LogP contribution is -2.16. The molecule has 0 bridgehead atoms. The molecule has 0 aliphatic heterocycles. The summed E-state index contributed by atoms with van der Waals surface area (Å²) in [5.41, 5.74) is 2.89. The van der Waals surface area contributed by atoms with E-state index in [1.807, 2.05) is 37.3 Å². The van der Waals surface area contributed by atoms with Gasteiger partial charge in [0.15, 0.2) is 0 Å². The maximum atomic E-state index is 12.3. The molecule has 2 rings (SSSR count). The van der Waals surface area contributed by atoms with Crippen molar-refractivity contribution in [2.24, 2.45) is 0 Å². The molecule has 1 aromatic carbocycles. The van der Waals surface area contributed by atoms with E-state index in [2.05, 4.69) is 18.9 Å². The summed E-state index contributed by atoms with van der Waals surface area (Å²) in [6.45, 7) is 6.83. The highest BCUT2D eigenvalue weighted by atomic mass is 16.1. The van der Waals surface area contributed by atoms with E-state index in [0.29, 0.717) is 12.5 Å². The van der Waals surface area contributed by atoms with Gasteiger partial charge in [-0.3, -0.25) is 14.6 Å². The van der Waals surface area contributed by atoms with Crippen LogP contribution in [0.4, 0.5) is 0 Å². The molecule has 0 amide bonds. The van der Waals surface area contributed by atoms with Crippen LogP contribution in [0.3, 0.4) is 0 Å². The van der Waals surface area contributed by atoms with Gasteiger partial charge in [-0.25, -0.2) is 0 Å². The second-order valence-corrected chi connectivity index (χ2v) is 4.47. The number of nitrogens with zero attached hydrogens (tertiary/aromatic N) is 1. The first kappa shape index (κ1) is 11.7. The number of aryl methyl sites for hydroxylation is 1. The predicted molar refractivity (Wildman–Crippen MR) is 70.3 cm³/mol. The maximum Gasteiger partial charge on any atom is 0.274 e. The largest absolute Gasteiger partial charge is 0.299 e. The molecule has 17 heavy (non-hydrogen) atoms. The van der Waals surface area contributed by atoms with Gasteiger partial charge < -0.3 is 0 Å². The smallest absolute Gasteiger partial charge is 0.274 e. The molecular weight excluding hydrogens is 212 g/mol. The zero-order chi connectivity index (χ0) is 12.4. The van der Waals surface area contributed by atoms with Gasteiger partial charge in [0.05, 0.1) is 5.56 Å². The Bertz CT molecular complexity index is 549. The highest BCUT2D eigenvalue weighted by Gasteiger charge is 2.17. The van der Waals surface area contributed by atoms with Crippen molar-refractivity contribution in [3.05, 3.63) is 46.4 Å². The molecule has 0 aliphatic rings. The topological polar surface area (TPSA) is 37.8 Å². The van der Waals surface area contributed by atoms with Crippen molar-refractivity contribution in [2.75, 3.05) is 0 Å². The molecule has 1 N–H and O–H groups in total. The molecule has 0 aliphatic carbocycles. The highest BCUT2D eigenvalue weighted by Crippen LogP contribution is 2.24. The molecule has 0 radical (unpaired) electrons. The average molecular weight is 230 g/mol. The molecule has 2 aromatic rings. The van der Waals surface area contributed by atoms with Crippen molar-refractivity contribution in [1.29, 1.82) is 0 Å². The first-order chi connectivity index (χ1) is 8.15. The summed E-state index contributed by atoms with van der Waals surface area (Å²) in [6.07, 6.45) is 0. The molecule has 0 saturated carbocycles. The minimum atomic E-state index is 0.0717. The van der Waals surface area contributed by atoms with Gasteiger partial charge in [-0.2, -0.15) is 0 Å². The zero-order valence-corrected chi connectivity index (χ0v) is 10.5. The van der Waals surface area contributed by atoms with Crippen molar-refractivity contribution >= 4 is 0 Å². The third-order valence-electron chi connectivity index (χ3n) is 2.94. The third kappa shape index (κ3) is 2.05. The van der Waals surface area contributed by atoms with Crippen molar-refractivity contribution in [1.82, 2.24) is 9.78 Å². The van der Waals surface area contributed by atoms with Gasteiger partial charge in [-0.15, -0.1) is 0 Å². The Morgan fingerprint density at radius 1 is 1.24 bits per heavy atom. The second-order valence-electron chi connectivity index (χ2n) is 4.47. The Kier molecular flexibility index (Phi) is 3.18. The van der Waals surface area contributed by atoms with Crippen LogP contribution in [0.2, 0.25) is 0 Å². The van der Waals surface area contributed by atoms with E-state index in [1.165, 1.54) is 0 Å². The molecule has 3 heteroatoms. The Hall–Kier alpha value is -1.77. The number of aromatic amines is 1. The number of rotatable bonds is 3. The molecular formula is C14H18N2O. The lowest BCUT2D eigenvalue weighted by Gasteiger charge is -2.05. The number of hydrogen-bond acceptors (Lipinski definition) is 1. The Balaban J connectivity index is 2.67. The molecule has 0 unspecified atom stereocenters. The molecule has 1 aromatic heterocycles. The van der Waals surface area contributed by atoms with Crippen LogP contribution < -0.4 is 5.56 Å². The van der Waals surface area contributed by atoms with Crippen molar-refractivity contribution in [3.63, 3.8) is 0 Å². The normalized spacial score (nSPS) is 11.1. The summed E-state index contributed by atoms with van der Waals surface area (Å²) >= 11 is 0. The predicted octanol–water partition coefficient (Wildman–Crippen LogP) is 2.99. The molecule has 90 valence electrons. The van der Waals surface area contributed by atoms with Crippen LogP contribution in [0, 0.1) is 0 Å². The Morgan fingerprint density at radius 3 is 2.41 bits per heavy atom. The average Bonchev–Trinajstić information content (AvgIpc) is 2.67. The van der Waals surface area contributed by atoms with Gasteiger partial charge in [-0.1, -0.05) is 44.2 Å². The van der Waals surface area contributed by atoms with Crippen molar-refractivity contribution in [3.8, 4) is 11.1 Å². The summed E-state index contributed by atoms with van der Waals surface area (Å²) in [4.78, 5) is 12.3. The van der Waals surface area contributed by atoms with Gasteiger partial charge in [0.1, 0.15) is 0 Å². The van der Waals surface area contributed by atoms with Crippen LogP contribution in [0.1, 0.15) is 32.4 Å². The van der Waals surface area contributed by atoms with Crippen LogP contribution in [-0.2, 0) is 6.54 Å². The third-order valence-corrected chi connectivity index (χ3v) is 2.94. The van der Waals surface area contributed by atoms with Crippen LogP contribution in [0.25, 0.3) is 11.1 Å². The maximum absolute atomic E-state index is 12.3. The van der Waals surface area contributed by atoms with E-state index in [4.69, 9.17) is 0 Å². The molecule has 1 heterocycles. The highest BCUT2D eigenvalue weighted by molar-refractivity contribution is 5.65. The fourth-order valence-electron chi connectivity index (χ4n) is 2.03. The Labute approximate surface area is 101 Å². The molecule has 0 spiro atoms. The first-order valence-electron chi connectivity index (χ1n) is 6.03. The monoisotopic (exact) mass is 230 g/mol. The number of benzene rings is 1. The molecule has 0 saturated heterocycles. The summed E-state index contributed by atoms with van der Waals surface area (Å²) in [5, 5.41) is 3.20. The minimum Gasteiger partial charge on any atom is -0.299 e. The van der Waals surface area contributed by atoms with Crippen LogP contribution in [0.5, 0.6) is 0 Å².